The molecular formula is C20H16BrN3O2. The fraction of sp³-hybridized carbons (Fsp3) is 0.0500. The second-order valence-electron chi connectivity index (χ2n) is 5.47. The number of aromatic nitrogens is 1. The summed E-state index contributed by atoms with van der Waals surface area (Å²) in [6, 6.07) is 19.2. The highest BCUT2D eigenvalue weighted by atomic mass is 79.9. The van der Waals surface area contributed by atoms with Crippen molar-refractivity contribution in [3.8, 4) is 11.3 Å². The first-order valence-corrected chi connectivity index (χ1v) is 8.72. The number of amides is 1. The third-order valence-corrected chi connectivity index (χ3v) is 4.03. The molecular weight excluding hydrogens is 394 g/mol. The van der Waals surface area contributed by atoms with E-state index in [9.17, 15) is 4.79 Å². The zero-order chi connectivity index (χ0) is 18.4. The summed E-state index contributed by atoms with van der Waals surface area (Å²) in [6.45, 7) is 1.70. The van der Waals surface area contributed by atoms with Crippen molar-refractivity contribution in [2.75, 3.05) is 0 Å². The number of hydrazone groups is 1. The Kier molecular flexibility index (Phi) is 5.76. The largest absolute Gasteiger partial charge is 0.360 e. The molecule has 0 spiro atoms. The van der Waals surface area contributed by atoms with E-state index in [2.05, 4.69) is 31.6 Å². The lowest BCUT2D eigenvalue weighted by molar-refractivity contribution is 0.0954. The lowest BCUT2D eigenvalue weighted by atomic mass is 10.1. The van der Waals surface area contributed by atoms with Crippen molar-refractivity contribution in [1.82, 2.24) is 10.6 Å². The average molecular weight is 410 g/mol. The Morgan fingerprint density at radius 3 is 2.46 bits per heavy atom. The minimum absolute atomic E-state index is 0.372. The van der Waals surface area contributed by atoms with Crippen molar-refractivity contribution < 1.29 is 9.32 Å². The number of hydrogen-bond acceptors (Lipinski definition) is 4. The SMILES string of the molecule is Cc1onc(-c2ccccc2)c1C(=O)NN=C/C(Br)=C\c1ccccc1. The number of halogens is 1. The van der Waals surface area contributed by atoms with E-state index in [-0.39, 0.29) is 5.91 Å². The maximum absolute atomic E-state index is 12.5. The second kappa shape index (κ2) is 8.40. The number of carbonyl (C=O) groups is 1. The summed E-state index contributed by atoms with van der Waals surface area (Å²) in [5, 5.41) is 7.99. The van der Waals surface area contributed by atoms with Crippen LogP contribution in [0.15, 0.2) is 74.8 Å². The number of benzene rings is 2. The van der Waals surface area contributed by atoms with Gasteiger partial charge < -0.3 is 4.52 Å². The molecule has 6 heteroatoms. The molecule has 0 aliphatic heterocycles. The van der Waals surface area contributed by atoms with E-state index in [1.807, 2.05) is 66.7 Å². The Morgan fingerprint density at radius 1 is 1.12 bits per heavy atom. The van der Waals surface area contributed by atoms with Crippen LogP contribution in [0.3, 0.4) is 0 Å². The average Bonchev–Trinajstić information content (AvgIpc) is 3.05. The number of nitrogens with zero attached hydrogens (tertiary/aromatic N) is 2. The van der Waals surface area contributed by atoms with Gasteiger partial charge in [0.05, 0.1) is 6.21 Å². The molecule has 0 unspecified atom stereocenters. The van der Waals surface area contributed by atoms with Gasteiger partial charge in [-0.1, -0.05) is 65.8 Å². The van der Waals surface area contributed by atoms with E-state index >= 15 is 0 Å². The van der Waals surface area contributed by atoms with Crippen molar-refractivity contribution in [3.63, 3.8) is 0 Å². The van der Waals surface area contributed by atoms with Crippen LogP contribution in [0.2, 0.25) is 0 Å². The third kappa shape index (κ3) is 4.34. The maximum atomic E-state index is 12.5. The zero-order valence-corrected chi connectivity index (χ0v) is 15.6. The molecule has 0 saturated carbocycles. The van der Waals surface area contributed by atoms with Crippen LogP contribution >= 0.6 is 15.9 Å². The summed E-state index contributed by atoms with van der Waals surface area (Å²) in [4.78, 5) is 12.5. The van der Waals surface area contributed by atoms with E-state index in [0.717, 1.165) is 15.6 Å². The second-order valence-corrected chi connectivity index (χ2v) is 6.38. The smallest absolute Gasteiger partial charge is 0.277 e. The number of allylic oxidation sites excluding steroid dienone is 1. The molecule has 0 fully saturated rings. The van der Waals surface area contributed by atoms with Crippen LogP contribution in [0.25, 0.3) is 17.3 Å². The molecule has 1 heterocycles. The van der Waals surface area contributed by atoms with Gasteiger partial charge >= 0.3 is 0 Å². The predicted molar refractivity (Wildman–Crippen MR) is 106 cm³/mol. The van der Waals surface area contributed by atoms with Gasteiger partial charge in [-0.3, -0.25) is 4.79 Å². The van der Waals surface area contributed by atoms with Crippen LogP contribution in [0.5, 0.6) is 0 Å². The van der Waals surface area contributed by atoms with Crippen molar-refractivity contribution in [2.24, 2.45) is 5.10 Å². The summed E-state index contributed by atoms with van der Waals surface area (Å²) in [5.41, 5.74) is 5.21. The van der Waals surface area contributed by atoms with Crippen molar-refractivity contribution >= 4 is 34.1 Å². The van der Waals surface area contributed by atoms with Gasteiger partial charge in [0.1, 0.15) is 17.0 Å². The fourth-order valence-electron chi connectivity index (χ4n) is 2.39. The molecule has 0 aliphatic carbocycles. The predicted octanol–water partition coefficient (Wildman–Crippen LogP) is 4.80. The van der Waals surface area contributed by atoms with Crippen molar-refractivity contribution in [3.05, 3.63) is 82.0 Å². The molecule has 0 atom stereocenters. The maximum Gasteiger partial charge on any atom is 0.277 e. The molecule has 0 bridgehead atoms. The highest BCUT2D eigenvalue weighted by Gasteiger charge is 2.21. The van der Waals surface area contributed by atoms with E-state index in [0.29, 0.717) is 17.0 Å². The van der Waals surface area contributed by atoms with Gasteiger partial charge in [0, 0.05) is 10.0 Å². The van der Waals surface area contributed by atoms with E-state index in [4.69, 9.17) is 4.52 Å². The lowest BCUT2D eigenvalue weighted by Crippen LogP contribution is -2.18. The van der Waals surface area contributed by atoms with Crippen LogP contribution in [0, 0.1) is 6.92 Å². The number of nitrogens with one attached hydrogen (secondary N) is 1. The molecule has 0 radical (unpaired) electrons. The minimum atomic E-state index is -0.376. The standard InChI is InChI=1S/C20H16BrN3O2/c1-14-18(19(24-26-14)16-10-6-3-7-11-16)20(25)23-22-13-17(21)12-15-8-4-2-5-9-15/h2-13H,1H3,(H,23,25)/b17-12+,22-13?. The fourth-order valence-corrected chi connectivity index (χ4v) is 2.75. The van der Waals surface area contributed by atoms with Crippen LogP contribution in [-0.2, 0) is 0 Å². The Hall–Kier alpha value is -2.99. The van der Waals surface area contributed by atoms with Gasteiger partial charge in [-0.05, 0) is 34.5 Å². The molecule has 130 valence electrons. The first kappa shape index (κ1) is 17.8. The van der Waals surface area contributed by atoms with Crippen LogP contribution < -0.4 is 5.43 Å². The molecule has 0 saturated heterocycles. The summed E-state index contributed by atoms with van der Waals surface area (Å²) >= 11 is 3.41. The molecule has 1 amide bonds. The molecule has 0 aliphatic rings. The first-order chi connectivity index (χ1) is 12.6. The number of hydrogen-bond donors (Lipinski definition) is 1. The van der Waals surface area contributed by atoms with E-state index in [1.165, 1.54) is 6.21 Å². The summed E-state index contributed by atoms with van der Waals surface area (Å²) < 4.78 is 5.93. The van der Waals surface area contributed by atoms with Gasteiger partial charge in [-0.15, -0.1) is 0 Å². The topological polar surface area (TPSA) is 67.5 Å². The zero-order valence-electron chi connectivity index (χ0n) is 14.0. The lowest BCUT2D eigenvalue weighted by Gasteiger charge is -2.01. The molecule has 2 aromatic carbocycles. The Bertz CT molecular complexity index is 948. The van der Waals surface area contributed by atoms with Crippen molar-refractivity contribution in [2.45, 2.75) is 6.92 Å². The third-order valence-electron chi connectivity index (χ3n) is 3.60. The summed E-state index contributed by atoms with van der Waals surface area (Å²) in [7, 11) is 0. The number of rotatable bonds is 5. The van der Waals surface area contributed by atoms with Gasteiger partial charge in [0.2, 0.25) is 0 Å². The Labute approximate surface area is 159 Å². The minimum Gasteiger partial charge on any atom is -0.360 e. The molecule has 5 nitrogen and oxygen atoms in total. The van der Waals surface area contributed by atoms with Gasteiger partial charge in [-0.25, -0.2) is 5.43 Å². The van der Waals surface area contributed by atoms with Crippen molar-refractivity contribution in [1.29, 1.82) is 0 Å². The molecule has 3 aromatic rings. The normalized spacial score (nSPS) is 11.7. The molecule has 3 rings (SSSR count). The monoisotopic (exact) mass is 409 g/mol. The van der Waals surface area contributed by atoms with Crippen LogP contribution in [-0.4, -0.2) is 17.3 Å². The Morgan fingerprint density at radius 2 is 1.77 bits per heavy atom. The van der Waals surface area contributed by atoms with Crippen LogP contribution in [0.4, 0.5) is 0 Å². The highest BCUT2D eigenvalue weighted by Crippen LogP contribution is 2.24. The Balaban J connectivity index is 1.73. The molecule has 26 heavy (non-hydrogen) atoms. The van der Waals surface area contributed by atoms with E-state index < -0.39 is 0 Å². The summed E-state index contributed by atoms with van der Waals surface area (Å²) in [6.07, 6.45) is 3.42. The van der Waals surface area contributed by atoms with E-state index in [1.54, 1.807) is 6.92 Å². The van der Waals surface area contributed by atoms with Crippen LogP contribution in [0.1, 0.15) is 21.7 Å². The quantitative estimate of drug-likeness (QED) is 0.485. The summed E-state index contributed by atoms with van der Waals surface area (Å²) in [5.74, 6) is 0.0642. The van der Waals surface area contributed by atoms with Gasteiger partial charge in [0.15, 0.2) is 0 Å². The molecule has 1 N–H and O–H groups in total. The van der Waals surface area contributed by atoms with Gasteiger partial charge in [0.25, 0.3) is 5.91 Å². The molecule has 1 aromatic heterocycles. The number of carbonyl (C=O) groups excluding carboxylic acids is 1. The number of aryl methyl sites for hydroxylation is 1. The highest BCUT2D eigenvalue weighted by molar-refractivity contribution is 9.12. The van der Waals surface area contributed by atoms with Gasteiger partial charge in [-0.2, -0.15) is 5.10 Å². The first-order valence-electron chi connectivity index (χ1n) is 7.92.